The molecule has 0 unspecified atom stereocenters. The molecule has 0 radical (unpaired) electrons. The molecule has 0 aliphatic carbocycles. The molecule has 1 heteroatoms. The molecule has 20 heavy (non-hydrogen) atoms. The maximum Gasteiger partial charge on any atom is 0.0466 e. The van der Waals surface area contributed by atoms with E-state index in [4.69, 9.17) is 4.74 Å². The summed E-state index contributed by atoms with van der Waals surface area (Å²) in [5.41, 5.74) is 1.44. The normalized spacial score (nSPS) is 11.2. The Morgan fingerprint density at radius 2 is 1.45 bits per heavy atom. The van der Waals surface area contributed by atoms with E-state index in [1.165, 1.54) is 56.9 Å². The van der Waals surface area contributed by atoms with Crippen LogP contribution in [-0.4, -0.2) is 13.2 Å². The molecular weight excluding hydrogens is 244 g/mol. The van der Waals surface area contributed by atoms with Crippen LogP contribution in [0.4, 0.5) is 0 Å². The third kappa shape index (κ3) is 10.0. The van der Waals surface area contributed by atoms with Crippen molar-refractivity contribution in [3.05, 3.63) is 35.9 Å². The van der Waals surface area contributed by atoms with Crippen LogP contribution in [0.2, 0.25) is 0 Å². The number of unbranched alkanes of at least 4 members (excludes halogenated alkanes) is 4. The summed E-state index contributed by atoms with van der Waals surface area (Å²) in [7, 11) is 0. The molecule has 0 bridgehead atoms. The Kier molecular flexibility index (Phi) is 10.3. The van der Waals surface area contributed by atoms with Crippen molar-refractivity contribution >= 4 is 0 Å². The first-order valence-corrected chi connectivity index (χ1v) is 8.40. The summed E-state index contributed by atoms with van der Waals surface area (Å²) in [6.07, 6.45) is 10.3. The van der Waals surface area contributed by atoms with Crippen molar-refractivity contribution in [1.82, 2.24) is 0 Å². The minimum Gasteiger partial charge on any atom is -0.381 e. The lowest BCUT2D eigenvalue weighted by molar-refractivity contribution is 0.126. The van der Waals surface area contributed by atoms with Gasteiger partial charge in [0.25, 0.3) is 0 Å². The van der Waals surface area contributed by atoms with Crippen LogP contribution in [0.15, 0.2) is 30.3 Å². The second kappa shape index (κ2) is 12.0. The summed E-state index contributed by atoms with van der Waals surface area (Å²) in [4.78, 5) is 0. The largest absolute Gasteiger partial charge is 0.381 e. The van der Waals surface area contributed by atoms with Crippen LogP contribution in [-0.2, 0) is 11.2 Å². The standard InChI is InChI=1S/C19H32O/c1-18(2)12-6-3-4-10-16-20-17-11-9-15-19-13-7-5-8-14-19/h5,7-8,13-14,18H,3-4,6,9-12,15-17H2,1-2H3. The first-order chi connectivity index (χ1) is 9.79. The molecule has 1 rings (SSSR count). The van der Waals surface area contributed by atoms with Gasteiger partial charge in [-0.3, -0.25) is 0 Å². The van der Waals surface area contributed by atoms with Gasteiger partial charge in [-0.25, -0.2) is 0 Å². The van der Waals surface area contributed by atoms with Crippen LogP contribution in [0, 0.1) is 5.92 Å². The summed E-state index contributed by atoms with van der Waals surface area (Å²) in [6, 6.07) is 10.7. The molecule has 1 aromatic carbocycles. The van der Waals surface area contributed by atoms with Gasteiger partial charge < -0.3 is 4.74 Å². The van der Waals surface area contributed by atoms with Crippen molar-refractivity contribution in [1.29, 1.82) is 0 Å². The van der Waals surface area contributed by atoms with Gasteiger partial charge in [0.05, 0.1) is 0 Å². The molecule has 0 heterocycles. The Hall–Kier alpha value is -0.820. The highest BCUT2D eigenvalue weighted by Crippen LogP contribution is 2.09. The molecule has 0 atom stereocenters. The van der Waals surface area contributed by atoms with Gasteiger partial charge in [-0.15, -0.1) is 0 Å². The average molecular weight is 276 g/mol. The summed E-state index contributed by atoms with van der Waals surface area (Å²) in [5, 5.41) is 0. The predicted octanol–water partition coefficient (Wildman–Crippen LogP) is 5.63. The van der Waals surface area contributed by atoms with Gasteiger partial charge >= 0.3 is 0 Å². The number of rotatable bonds is 12. The van der Waals surface area contributed by atoms with E-state index in [-0.39, 0.29) is 0 Å². The molecule has 0 aromatic heterocycles. The summed E-state index contributed by atoms with van der Waals surface area (Å²) in [6.45, 7) is 6.49. The van der Waals surface area contributed by atoms with Crippen LogP contribution in [0.1, 0.15) is 64.4 Å². The minimum absolute atomic E-state index is 0.857. The first-order valence-electron chi connectivity index (χ1n) is 8.40. The number of aryl methyl sites for hydroxylation is 1. The quantitative estimate of drug-likeness (QED) is 0.449. The SMILES string of the molecule is CC(C)CCCCCCOCCCCc1ccccc1. The van der Waals surface area contributed by atoms with Gasteiger partial charge in [0.2, 0.25) is 0 Å². The van der Waals surface area contributed by atoms with E-state index in [1.807, 2.05) is 0 Å². The maximum atomic E-state index is 5.70. The molecule has 0 aliphatic heterocycles. The Morgan fingerprint density at radius 1 is 0.800 bits per heavy atom. The van der Waals surface area contributed by atoms with Crippen molar-refractivity contribution in [2.75, 3.05) is 13.2 Å². The molecule has 0 fully saturated rings. The second-order valence-corrected chi connectivity index (χ2v) is 6.15. The van der Waals surface area contributed by atoms with Crippen LogP contribution in [0.25, 0.3) is 0 Å². The number of ether oxygens (including phenoxy) is 1. The van der Waals surface area contributed by atoms with Crippen molar-refractivity contribution in [3.8, 4) is 0 Å². The first kappa shape index (κ1) is 17.2. The molecule has 114 valence electrons. The van der Waals surface area contributed by atoms with Crippen molar-refractivity contribution in [2.45, 2.75) is 65.2 Å². The van der Waals surface area contributed by atoms with Crippen molar-refractivity contribution < 1.29 is 4.74 Å². The number of benzene rings is 1. The molecule has 0 aliphatic rings. The maximum absolute atomic E-state index is 5.70. The Morgan fingerprint density at radius 3 is 2.15 bits per heavy atom. The molecule has 0 saturated heterocycles. The molecule has 1 aromatic rings. The zero-order valence-corrected chi connectivity index (χ0v) is 13.4. The van der Waals surface area contributed by atoms with Crippen LogP contribution in [0.3, 0.4) is 0 Å². The highest BCUT2D eigenvalue weighted by molar-refractivity contribution is 5.14. The lowest BCUT2D eigenvalue weighted by Crippen LogP contribution is -1.98. The zero-order chi connectivity index (χ0) is 14.5. The zero-order valence-electron chi connectivity index (χ0n) is 13.4. The minimum atomic E-state index is 0.857. The third-order valence-electron chi connectivity index (χ3n) is 3.67. The van der Waals surface area contributed by atoms with E-state index in [1.54, 1.807) is 0 Å². The summed E-state index contributed by atoms with van der Waals surface area (Å²) >= 11 is 0. The van der Waals surface area contributed by atoms with Crippen LogP contribution in [0.5, 0.6) is 0 Å². The fourth-order valence-corrected chi connectivity index (χ4v) is 2.39. The van der Waals surface area contributed by atoms with E-state index >= 15 is 0 Å². The third-order valence-corrected chi connectivity index (χ3v) is 3.67. The summed E-state index contributed by atoms with van der Waals surface area (Å²) < 4.78 is 5.70. The molecule has 0 spiro atoms. The lowest BCUT2D eigenvalue weighted by Gasteiger charge is -2.06. The van der Waals surface area contributed by atoms with Gasteiger partial charge in [0.15, 0.2) is 0 Å². The highest BCUT2D eigenvalue weighted by Gasteiger charge is 1.96. The van der Waals surface area contributed by atoms with Gasteiger partial charge in [0, 0.05) is 13.2 Å². The van der Waals surface area contributed by atoms with Crippen LogP contribution < -0.4 is 0 Å². The van der Waals surface area contributed by atoms with E-state index in [2.05, 4.69) is 44.2 Å². The predicted molar refractivity (Wildman–Crippen MR) is 88.1 cm³/mol. The molecular formula is C19H32O. The topological polar surface area (TPSA) is 9.23 Å². The number of hydrogen-bond acceptors (Lipinski definition) is 1. The monoisotopic (exact) mass is 276 g/mol. The van der Waals surface area contributed by atoms with E-state index in [0.29, 0.717) is 0 Å². The van der Waals surface area contributed by atoms with Gasteiger partial charge in [-0.1, -0.05) is 69.9 Å². The smallest absolute Gasteiger partial charge is 0.0466 e. The van der Waals surface area contributed by atoms with E-state index in [9.17, 15) is 0 Å². The van der Waals surface area contributed by atoms with Gasteiger partial charge in [-0.2, -0.15) is 0 Å². The Labute approximate surface area is 125 Å². The highest BCUT2D eigenvalue weighted by atomic mass is 16.5. The second-order valence-electron chi connectivity index (χ2n) is 6.15. The molecule has 0 saturated carbocycles. The van der Waals surface area contributed by atoms with Gasteiger partial charge in [-0.05, 0) is 37.2 Å². The molecule has 1 nitrogen and oxygen atoms in total. The fourth-order valence-electron chi connectivity index (χ4n) is 2.39. The van der Waals surface area contributed by atoms with Crippen LogP contribution >= 0.6 is 0 Å². The lowest BCUT2D eigenvalue weighted by atomic mass is 10.0. The molecule has 0 N–H and O–H groups in total. The number of hydrogen-bond donors (Lipinski definition) is 0. The summed E-state index contributed by atoms with van der Waals surface area (Å²) in [5.74, 6) is 0.857. The fraction of sp³-hybridized carbons (Fsp3) is 0.684. The van der Waals surface area contributed by atoms with Gasteiger partial charge in [0.1, 0.15) is 0 Å². The van der Waals surface area contributed by atoms with E-state index < -0.39 is 0 Å². The Bertz CT molecular complexity index is 305. The van der Waals surface area contributed by atoms with Crippen molar-refractivity contribution in [3.63, 3.8) is 0 Å². The Balaban J connectivity index is 1.79. The van der Waals surface area contributed by atoms with Crippen molar-refractivity contribution in [2.24, 2.45) is 5.92 Å². The van der Waals surface area contributed by atoms with E-state index in [0.717, 1.165) is 19.1 Å². The average Bonchev–Trinajstić information content (AvgIpc) is 2.45. The molecule has 0 amide bonds.